The summed E-state index contributed by atoms with van der Waals surface area (Å²) in [6.07, 6.45) is -0.146. The second-order valence-electron chi connectivity index (χ2n) is 6.38. The van der Waals surface area contributed by atoms with Gasteiger partial charge in [-0.25, -0.2) is 18.1 Å². The van der Waals surface area contributed by atoms with Gasteiger partial charge in [0, 0.05) is 32.3 Å². The van der Waals surface area contributed by atoms with Gasteiger partial charge in [0.15, 0.2) is 5.69 Å². The van der Waals surface area contributed by atoms with Crippen LogP contribution in [0.5, 0.6) is 0 Å². The number of nitrogens with zero attached hydrogens (tertiary/aromatic N) is 3. The Morgan fingerprint density at radius 3 is 2.79 bits per heavy atom. The monoisotopic (exact) mass is 368 g/mol. The molecule has 0 aliphatic carbocycles. The quantitative estimate of drug-likeness (QED) is 0.738. The maximum Gasteiger partial charge on any atom is 0.434 e. The maximum absolute atomic E-state index is 12.7. The first kappa shape index (κ1) is 19.2. The van der Waals surface area contributed by atoms with Gasteiger partial charge in [0.1, 0.15) is 5.82 Å². The first-order chi connectivity index (χ1) is 11.0. The fourth-order valence-electron chi connectivity index (χ4n) is 2.94. The molecule has 1 N–H and O–H groups in total. The van der Waals surface area contributed by atoms with Crippen LogP contribution in [-0.2, 0) is 29.2 Å². The molecule has 0 saturated carbocycles. The van der Waals surface area contributed by atoms with Gasteiger partial charge in [-0.2, -0.15) is 13.2 Å². The number of halogens is 3. The third-order valence-electron chi connectivity index (χ3n) is 4.03. The number of imidazole rings is 1. The summed E-state index contributed by atoms with van der Waals surface area (Å²) in [7, 11) is -1.23. The van der Waals surface area contributed by atoms with E-state index in [0.29, 0.717) is 31.8 Å². The van der Waals surface area contributed by atoms with Crippen LogP contribution in [0.2, 0.25) is 0 Å². The van der Waals surface area contributed by atoms with E-state index in [2.05, 4.69) is 14.6 Å². The SMILES string of the molecule is CN(CCCNS(C)(=O)=O)C[C@H]1CCc2nc(C(F)(F)F)cn2C1. The smallest absolute Gasteiger partial charge is 0.334 e. The summed E-state index contributed by atoms with van der Waals surface area (Å²) in [5, 5.41) is 0. The molecular weight excluding hydrogens is 345 g/mol. The largest absolute Gasteiger partial charge is 0.434 e. The lowest BCUT2D eigenvalue weighted by molar-refractivity contribution is -0.141. The molecule has 0 amide bonds. The molecule has 1 aliphatic rings. The number of hydrogen-bond acceptors (Lipinski definition) is 4. The third-order valence-corrected chi connectivity index (χ3v) is 4.76. The molecule has 6 nitrogen and oxygen atoms in total. The van der Waals surface area contributed by atoms with E-state index in [1.165, 1.54) is 0 Å². The number of aryl methyl sites for hydroxylation is 1. The highest BCUT2D eigenvalue weighted by atomic mass is 32.2. The van der Waals surface area contributed by atoms with Crippen LogP contribution >= 0.6 is 0 Å². The number of aromatic nitrogens is 2. The molecule has 24 heavy (non-hydrogen) atoms. The Bertz CT molecular complexity index is 657. The van der Waals surface area contributed by atoms with Crippen molar-refractivity contribution in [3.8, 4) is 0 Å². The van der Waals surface area contributed by atoms with Crippen LogP contribution in [0.1, 0.15) is 24.4 Å². The molecule has 2 rings (SSSR count). The van der Waals surface area contributed by atoms with Gasteiger partial charge in [0.05, 0.1) is 6.26 Å². The molecule has 1 aliphatic heterocycles. The van der Waals surface area contributed by atoms with Crippen molar-refractivity contribution >= 4 is 10.0 Å². The van der Waals surface area contributed by atoms with E-state index in [1.54, 1.807) is 4.57 Å². The van der Waals surface area contributed by atoms with Gasteiger partial charge in [-0.1, -0.05) is 0 Å². The highest BCUT2D eigenvalue weighted by Gasteiger charge is 2.35. The van der Waals surface area contributed by atoms with Crippen LogP contribution in [0.4, 0.5) is 13.2 Å². The minimum absolute atomic E-state index is 0.264. The average molecular weight is 368 g/mol. The van der Waals surface area contributed by atoms with E-state index in [0.717, 1.165) is 32.0 Å². The molecule has 1 aromatic rings. The van der Waals surface area contributed by atoms with Crippen molar-refractivity contribution in [2.24, 2.45) is 5.92 Å². The molecule has 0 bridgehead atoms. The minimum atomic E-state index is -4.40. The molecule has 0 fully saturated rings. The van der Waals surface area contributed by atoms with Crippen molar-refractivity contribution in [1.29, 1.82) is 0 Å². The Kier molecular flexibility index (Phi) is 5.92. The standard InChI is InChI=1S/C14H23F3N4O2S/c1-20(7-3-6-18-24(2,22)23)8-11-4-5-13-19-12(14(15,16)17)10-21(13)9-11/h10-11,18H,3-9H2,1-2H3/t11-/m1/s1. The number of alkyl halides is 3. The topological polar surface area (TPSA) is 67.2 Å². The molecule has 2 heterocycles. The van der Waals surface area contributed by atoms with Gasteiger partial charge in [-0.3, -0.25) is 0 Å². The molecule has 0 aromatic carbocycles. The number of sulfonamides is 1. The Balaban J connectivity index is 1.80. The van der Waals surface area contributed by atoms with E-state index >= 15 is 0 Å². The number of nitrogens with one attached hydrogen (secondary N) is 1. The van der Waals surface area contributed by atoms with Crippen molar-refractivity contribution in [2.75, 3.05) is 32.9 Å². The van der Waals surface area contributed by atoms with E-state index < -0.39 is 21.9 Å². The highest BCUT2D eigenvalue weighted by molar-refractivity contribution is 7.88. The predicted octanol–water partition coefficient (Wildman–Crippen LogP) is 1.34. The first-order valence-electron chi connectivity index (χ1n) is 7.81. The zero-order valence-corrected chi connectivity index (χ0v) is 14.6. The summed E-state index contributed by atoms with van der Waals surface area (Å²) in [5.41, 5.74) is -0.821. The van der Waals surface area contributed by atoms with Gasteiger partial charge in [0.2, 0.25) is 10.0 Å². The lowest BCUT2D eigenvalue weighted by Crippen LogP contribution is -2.33. The Morgan fingerprint density at radius 2 is 2.17 bits per heavy atom. The van der Waals surface area contributed by atoms with Crippen LogP contribution in [0, 0.1) is 5.92 Å². The highest BCUT2D eigenvalue weighted by Crippen LogP contribution is 2.30. The van der Waals surface area contributed by atoms with Crippen molar-refractivity contribution in [2.45, 2.75) is 32.0 Å². The summed E-state index contributed by atoms with van der Waals surface area (Å²) < 4.78 is 64.1. The number of rotatable bonds is 7. The normalized spacial score (nSPS) is 18.8. The van der Waals surface area contributed by atoms with E-state index in [4.69, 9.17) is 0 Å². The van der Waals surface area contributed by atoms with Gasteiger partial charge in [-0.05, 0) is 32.4 Å². The maximum atomic E-state index is 12.7. The van der Waals surface area contributed by atoms with Crippen molar-refractivity contribution in [3.05, 3.63) is 17.7 Å². The fourth-order valence-corrected chi connectivity index (χ4v) is 3.45. The molecule has 138 valence electrons. The second-order valence-corrected chi connectivity index (χ2v) is 8.21. The van der Waals surface area contributed by atoms with Crippen LogP contribution < -0.4 is 4.72 Å². The summed E-state index contributed by atoms with van der Waals surface area (Å²) in [4.78, 5) is 5.76. The molecule has 10 heteroatoms. The van der Waals surface area contributed by atoms with Gasteiger partial charge < -0.3 is 9.47 Å². The Hall–Kier alpha value is -1.13. The molecule has 0 radical (unpaired) electrons. The Labute approximate surface area is 140 Å². The van der Waals surface area contributed by atoms with Crippen molar-refractivity contribution in [3.63, 3.8) is 0 Å². The van der Waals surface area contributed by atoms with Crippen molar-refractivity contribution in [1.82, 2.24) is 19.2 Å². The minimum Gasteiger partial charge on any atom is -0.334 e. The van der Waals surface area contributed by atoms with E-state index in [1.807, 2.05) is 7.05 Å². The van der Waals surface area contributed by atoms with E-state index in [-0.39, 0.29) is 5.92 Å². The number of fused-ring (bicyclic) bond motifs is 1. The first-order valence-corrected chi connectivity index (χ1v) is 9.70. The fraction of sp³-hybridized carbons (Fsp3) is 0.786. The van der Waals surface area contributed by atoms with Crippen molar-refractivity contribution < 1.29 is 21.6 Å². The molecule has 0 saturated heterocycles. The van der Waals surface area contributed by atoms with Crippen LogP contribution in [0.3, 0.4) is 0 Å². The zero-order valence-electron chi connectivity index (χ0n) is 13.8. The van der Waals surface area contributed by atoms with Crippen LogP contribution in [0.25, 0.3) is 0 Å². The molecule has 1 aromatic heterocycles. The lowest BCUT2D eigenvalue weighted by Gasteiger charge is -2.28. The summed E-state index contributed by atoms with van der Waals surface area (Å²) in [5.74, 6) is 0.763. The summed E-state index contributed by atoms with van der Waals surface area (Å²) in [6, 6.07) is 0. The second kappa shape index (κ2) is 7.40. The van der Waals surface area contributed by atoms with E-state index in [9.17, 15) is 21.6 Å². The third kappa shape index (κ3) is 5.75. The average Bonchev–Trinajstić information content (AvgIpc) is 2.86. The van der Waals surface area contributed by atoms with Gasteiger partial charge >= 0.3 is 6.18 Å². The molecule has 0 unspecified atom stereocenters. The molecule has 1 atom stereocenters. The number of hydrogen-bond donors (Lipinski definition) is 1. The molecule has 0 spiro atoms. The summed E-state index contributed by atoms with van der Waals surface area (Å²) >= 11 is 0. The Morgan fingerprint density at radius 1 is 1.46 bits per heavy atom. The van der Waals surface area contributed by atoms with Crippen LogP contribution in [-0.4, -0.2) is 55.8 Å². The zero-order chi connectivity index (χ0) is 18.0. The lowest BCUT2D eigenvalue weighted by atomic mass is 9.99. The predicted molar refractivity (Wildman–Crippen MR) is 84.0 cm³/mol. The van der Waals surface area contributed by atoms with Gasteiger partial charge in [0.25, 0.3) is 0 Å². The molecular formula is C14H23F3N4O2S. The summed E-state index contributed by atoms with van der Waals surface area (Å²) in [6.45, 7) is 2.40. The van der Waals surface area contributed by atoms with Gasteiger partial charge in [-0.15, -0.1) is 0 Å². The van der Waals surface area contributed by atoms with Crippen LogP contribution in [0.15, 0.2) is 6.20 Å².